The molecule has 0 spiro atoms. The second-order valence-corrected chi connectivity index (χ2v) is 23.8. The van der Waals surface area contributed by atoms with Crippen molar-refractivity contribution in [1.82, 2.24) is 5.32 Å². The number of nitrogens with zero attached hydrogens (tertiary/aromatic N) is 2. The van der Waals surface area contributed by atoms with Gasteiger partial charge >= 0.3 is 11.9 Å². The van der Waals surface area contributed by atoms with E-state index in [4.69, 9.17) is 40.9 Å². The number of carbonyl (C=O) groups is 2. The van der Waals surface area contributed by atoms with E-state index in [-0.39, 0.29) is 91.9 Å². The predicted octanol–water partition coefficient (Wildman–Crippen LogP) is -2.21. The Hall–Kier alpha value is -3.50. The number of aliphatic hydroxyl groups excluding tert-OH is 5. The molecule has 16 N–H and O–H groups in total. The smallest absolute Gasteiger partial charge is 0.343 e. The zero-order valence-corrected chi connectivity index (χ0v) is 43.0. The first kappa shape index (κ1) is 56.2. The van der Waals surface area contributed by atoms with Crippen molar-refractivity contribution in [3.63, 3.8) is 0 Å². The van der Waals surface area contributed by atoms with Gasteiger partial charge in [-0.15, -0.1) is 0 Å². The first-order valence-electron chi connectivity index (χ1n) is 23.7. The van der Waals surface area contributed by atoms with E-state index in [0.717, 1.165) is 0 Å². The number of nitrogens with one attached hydrogen (secondary N) is 2. The molecule has 6 aliphatic heterocycles. The fraction of sp³-hybridized carbons (Fsp3) is 0.652. The van der Waals surface area contributed by atoms with Crippen molar-refractivity contribution in [3.8, 4) is 11.8 Å². The van der Waals surface area contributed by atoms with E-state index in [0.29, 0.717) is 34.8 Å². The molecule has 1 saturated carbocycles. The molecule has 1 saturated heterocycles. The summed E-state index contributed by atoms with van der Waals surface area (Å²) in [7, 11) is 5.88. The number of allylic oxidation sites excluding steroid dienone is 1. The van der Waals surface area contributed by atoms with Gasteiger partial charge in [-0.2, -0.15) is 0 Å². The number of esters is 1. The maximum Gasteiger partial charge on any atom is 0.343 e. The molecule has 6 bridgehead atoms. The Morgan fingerprint density at radius 3 is 2.56 bits per heavy atom. The molecular formula is C46H66N7O15S4+. The van der Waals surface area contributed by atoms with E-state index in [2.05, 4.69) is 27.1 Å². The van der Waals surface area contributed by atoms with Crippen LogP contribution < -0.4 is 27.4 Å². The highest BCUT2D eigenvalue weighted by Gasteiger charge is 2.58. The molecule has 1 unspecified atom stereocenters. The number of quaternary nitrogens is 1. The van der Waals surface area contributed by atoms with Crippen LogP contribution in [0.4, 0.5) is 0 Å². The molecule has 0 amide bonds. The number of rotatable bonds is 15. The Morgan fingerprint density at radius 1 is 1.07 bits per heavy atom. The normalized spacial score (nSPS) is 36.8. The number of nitrogens with two attached hydrogens (primary N) is 3. The second kappa shape index (κ2) is 24.9. The van der Waals surface area contributed by atoms with Gasteiger partial charge in [0.15, 0.2) is 24.3 Å². The lowest BCUT2D eigenvalue weighted by molar-refractivity contribution is -0.870. The molecule has 7 rings (SSSR count). The van der Waals surface area contributed by atoms with Crippen molar-refractivity contribution < 1.29 is 79.0 Å². The number of ether oxygens (including phenoxy) is 5. The second-order valence-electron chi connectivity index (χ2n) is 18.6. The largest absolute Gasteiger partial charge is 0.477 e. The van der Waals surface area contributed by atoms with Crippen LogP contribution in [0.25, 0.3) is 0 Å². The van der Waals surface area contributed by atoms with Crippen LogP contribution in [0.3, 0.4) is 0 Å². The molecule has 0 aromatic rings. The summed E-state index contributed by atoms with van der Waals surface area (Å²) < 4.78 is 30.1. The van der Waals surface area contributed by atoms with Crippen molar-refractivity contribution in [1.29, 1.82) is 0 Å². The highest BCUT2D eigenvalue weighted by atomic mass is 33.1. The zero-order valence-electron chi connectivity index (χ0n) is 39.8. The van der Waals surface area contributed by atoms with Gasteiger partial charge in [-0.25, -0.2) is 9.59 Å². The summed E-state index contributed by atoms with van der Waals surface area (Å²) >= 11 is 0. The van der Waals surface area contributed by atoms with Crippen LogP contribution in [0, 0.1) is 35.5 Å². The predicted molar refractivity (Wildman–Crippen MR) is 271 cm³/mol. The molecule has 7 aliphatic rings. The summed E-state index contributed by atoms with van der Waals surface area (Å²) in [6.07, 6.45) is -0.172. The molecule has 14 atom stereocenters. The average Bonchev–Trinajstić information content (AvgIpc) is 3.71. The minimum atomic E-state index is -3.00. The number of aliphatic carboxylic acids is 1. The van der Waals surface area contributed by atoms with E-state index < -0.39 is 102 Å². The lowest BCUT2D eigenvalue weighted by Gasteiger charge is -2.48. The number of carbonyl (C=O) groups excluding carboxylic acids is 1. The molecule has 1 aliphatic carbocycles. The number of guanidine groups is 2. The fourth-order valence-corrected chi connectivity index (χ4v) is 17.0. The average molecular weight is 1090 g/mol. The third kappa shape index (κ3) is 12.4. The third-order valence-corrected chi connectivity index (χ3v) is 19.7. The van der Waals surface area contributed by atoms with Gasteiger partial charge in [0.1, 0.15) is 47.4 Å². The number of aliphatic imine (C=N–C) groups is 2. The summed E-state index contributed by atoms with van der Waals surface area (Å²) in [5, 5.41) is 89.0. The Balaban J connectivity index is 1.52. The number of aliphatic hydroxyl groups is 7. The van der Waals surface area contributed by atoms with Crippen molar-refractivity contribution >= 4 is 67.0 Å². The topological polar surface area (TPSA) is 361 Å². The van der Waals surface area contributed by atoms with Gasteiger partial charge in [-0.1, -0.05) is 67.2 Å². The van der Waals surface area contributed by atoms with Gasteiger partial charge in [0.05, 0.1) is 48.0 Å². The van der Waals surface area contributed by atoms with E-state index in [9.17, 15) is 45.6 Å². The minimum Gasteiger partial charge on any atom is -0.477 e. The molecule has 72 heavy (non-hydrogen) atoms. The highest BCUT2D eigenvalue weighted by molar-refractivity contribution is 8.79. The number of fused-ring (bicyclic) bond motifs is 3. The molecule has 26 heteroatoms. The van der Waals surface area contributed by atoms with Crippen LogP contribution in [0.1, 0.15) is 39.5 Å². The van der Waals surface area contributed by atoms with Crippen LogP contribution in [-0.2, 0) is 33.3 Å². The van der Waals surface area contributed by atoms with Crippen LogP contribution in [0.5, 0.6) is 0 Å². The summed E-state index contributed by atoms with van der Waals surface area (Å²) in [6.45, 7) is 2.00. The number of hydrogen-bond acceptors (Lipinski definition) is 20. The lowest BCUT2D eigenvalue weighted by Crippen LogP contribution is -3.14. The Kier molecular flexibility index (Phi) is 19.4. The maximum atomic E-state index is 15.1. The standard InChI is InChI=1S/C46H65N7O15S4/c1-23(2)65-37-42(67-33(20-57)36(58)46(37,62)63)68-41-27-5-3-14-69-72-45(10-12-50-43(47)48)9-8-24-15-26-16-53(17-28(39(59)60)35(26)52-44(49)51-11-4-13-54)31(19-56)38(45)71-70-22-30-25(18-55)6-7-32(30)66-40(61)29(21-64-41)34(24)27/h3,5,15,17,21,23,25,27,30-34,36-38,41-42,54-58,62-63H,4,6-7,10-14,16,18-20,22H2,1-2H3,(H,59,60)(H4,47,48,50)(H3,49,51,52)/p+1/b5-3+,24-15+/t25-,27+,30-,31-,32+,33+,34-,36+,37-,38-,41-,42-,45+/m0/s1. The zero-order chi connectivity index (χ0) is 51.9. The van der Waals surface area contributed by atoms with Crippen molar-refractivity contribution in [2.75, 3.05) is 57.6 Å². The lowest BCUT2D eigenvalue weighted by atomic mass is 9.77. The first-order valence-corrected chi connectivity index (χ1v) is 28.4. The molecule has 0 aromatic heterocycles. The van der Waals surface area contributed by atoms with Crippen LogP contribution in [0.15, 0.2) is 68.7 Å². The van der Waals surface area contributed by atoms with E-state index in [1.165, 1.54) is 55.6 Å². The minimum absolute atomic E-state index is 0.00102. The Morgan fingerprint density at radius 2 is 1.86 bits per heavy atom. The molecule has 2 fully saturated rings. The number of hydrogen-bond donors (Lipinski definition) is 13. The summed E-state index contributed by atoms with van der Waals surface area (Å²) in [6, 6.07) is -0.716. The van der Waals surface area contributed by atoms with Crippen molar-refractivity contribution in [2.45, 2.75) is 104 Å². The SMILES string of the molecule is CC(C)O[C@H]1[C@H](O[C@@H]2OC=C3C(=O)O[C@@H]4CC[C@@H](CO)[C@@H]4CSS[C@H]4[C@H](CO)[NH+]5C=C(C(=O)O)C(NC(N)=NCCCO)=C(/C=C6\C#C[C@]4(CCN=C(N)N)SSC/C=C/[C@@H]2[C@@H]36)C5)O[C@H](CO)[C@@H](O)C1(O)O. The van der Waals surface area contributed by atoms with Crippen LogP contribution in [-0.4, -0.2) is 187 Å². The van der Waals surface area contributed by atoms with E-state index >= 15 is 4.79 Å². The Labute approximate surface area is 432 Å². The summed E-state index contributed by atoms with van der Waals surface area (Å²) in [5.41, 5.74) is 18.7. The maximum absolute atomic E-state index is 15.1. The molecule has 398 valence electrons. The van der Waals surface area contributed by atoms with E-state index in [1.807, 2.05) is 6.08 Å². The van der Waals surface area contributed by atoms with Gasteiger partial charge in [0.2, 0.25) is 12.1 Å². The third-order valence-electron chi connectivity index (χ3n) is 13.5. The van der Waals surface area contributed by atoms with Gasteiger partial charge in [-0.3, -0.25) is 14.9 Å². The van der Waals surface area contributed by atoms with Crippen molar-refractivity contribution in [2.24, 2.45) is 50.9 Å². The quantitative estimate of drug-likeness (QED) is 0.0121. The van der Waals surface area contributed by atoms with Gasteiger partial charge in [0, 0.05) is 60.8 Å². The number of carboxylic acids is 1. The number of carboxylic acid groups (broad SMARTS) is 1. The molecule has 22 nitrogen and oxygen atoms in total. The van der Waals surface area contributed by atoms with Gasteiger partial charge < -0.3 is 87.1 Å². The highest BCUT2D eigenvalue weighted by Crippen LogP contribution is 2.52. The van der Waals surface area contributed by atoms with Crippen LogP contribution in [0.2, 0.25) is 0 Å². The summed E-state index contributed by atoms with van der Waals surface area (Å²) in [4.78, 5) is 37.8. The van der Waals surface area contributed by atoms with Gasteiger partial charge in [0.25, 0.3) is 0 Å². The summed E-state index contributed by atoms with van der Waals surface area (Å²) in [5.74, 6) is -0.191. The Bertz CT molecular complexity index is 2270. The fourth-order valence-electron chi connectivity index (χ4n) is 9.94. The van der Waals surface area contributed by atoms with Gasteiger partial charge in [-0.05, 0) is 51.5 Å². The van der Waals surface area contributed by atoms with Crippen LogP contribution >= 0.6 is 43.2 Å². The monoisotopic (exact) mass is 1080 g/mol. The molecule has 0 aromatic carbocycles. The van der Waals surface area contributed by atoms with Crippen molar-refractivity contribution in [3.05, 3.63) is 58.7 Å². The first-order chi connectivity index (χ1) is 34.5. The molecule has 0 radical (unpaired) electrons. The molecule has 6 heterocycles. The van der Waals surface area contributed by atoms with E-state index in [1.54, 1.807) is 26.0 Å². The molecular weight excluding hydrogens is 1020 g/mol.